The molecule has 0 aromatic rings. The maximum absolute atomic E-state index is 13.3. The Kier molecular flexibility index (Phi) is 5.55. The number of alkyl halides is 2. The van der Waals surface area contributed by atoms with Crippen LogP contribution in [-0.2, 0) is 28.5 Å². The zero-order valence-electron chi connectivity index (χ0n) is 18.8. The summed E-state index contributed by atoms with van der Waals surface area (Å²) in [5, 5.41) is 0. The summed E-state index contributed by atoms with van der Waals surface area (Å²) in [5.41, 5.74) is -1.00. The highest BCUT2D eigenvalue weighted by Gasteiger charge is 2.62. The van der Waals surface area contributed by atoms with Crippen molar-refractivity contribution in [2.24, 2.45) is 22.7 Å². The maximum Gasteiger partial charge on any atom is 0.376 e. The Hall–Kier alpha value is -1.28. The van der Waals surface area contributed by atoms with Crippen LogP contribution in [0.15, 0.2) is 0 Å². The monoisotopic (exact) mass is 456 g/mol. The van der Waals surface area contributed by atoms with E-state index in [0.29, 0.717) is 31.8 Å². The van der Waals surface area contributed by atoms with Gasteiger partial charge in [-0.15, -0.1) is 0 Å². The van der Waals surface area contributed by atoms with E-state index in [1.165, 1.54) is 6.42 Å². The summed E-state index contributed by atoms with van der Waals surface area (Å²) >= 11 is 0. The van der Waals surface area contributed by atoms with Gasteiger partial charge in [-0.1, -0.05) is 6.42 Å². The maximum atomic E-state index is 13.3. The molecule has 6 nitrogen and oxygen atoms in total. The van der Waals surface area contributed by atoms with Gasteiger partial charge >= 0.3 is 17.9 Å². The van der Waals surface area contributed by atoms with Crippen LogP contribution in [0.4, 0.5) is 8.78 Å². The summed E-state index contributed by atoms with van der Waals surface area (Å²) < 4.78 is 49.5. The van der Waals surface area contributed by atoms with Gasteiger partial charge in [0.05, 0.1) is 18.6 Å². The zero-order valence-corrected chi connectivity index (χ0v) is 18.8. The molecule has 0 aromatic heterocycles. The normalized spacial score (nSPS) is 39.9. The summed E-state index contributed by atoms with van der Waals surface area (Å²) in [4.78, 5) is 25.0. The van der Waals surface area contributed by atoms with Crippen LogP contribution in [0.5, 0.6) is 0 Å². The molecule has 8 heteroatoms. The van der Waals surface area contributed by atoms with Crippen LogP contribution in [0.2, 0.25) is 0 Å². The number of hydrogen-bond donors (Lipinski definition) is 0. The number of hydrogen-bond acceptors (Lipinski definition) is 6. The lowest BCUT2D eigenvalue weighted by Crippen LogP contribution is -2.57. The lowest BCUT2D eigenvalue weighted by atomic mass is 9.44. The molecule has 6 fully saturated rings. The van der Waals surface area contributed by atoms with Gasteiger partial charge < -0.3 is 18.9 Å². The summed E-state index contributed by atoms with van der Waals surface area (Å²) in [6, 6.07) is 0. The lowest BCUT2D eigenvalue weighted by Gasteiger charge is -2.60. The third-order valence-electron chi connectivity index (χ3n) is 8.41. The molecule has 0 aromatic carbocycles. The minimum atomic E-state index is -3.50. The predicted molar refractivity (Wildman–Crippen MR) is 109 cm³/mol. The molecule has 1 heterocycles. The fraction of sp³-hybridized carbons (Fsp3) is 0.917. The third kappa shape index (κ3) is 4.17. The van der Waals surface area contributed by atoms with Gasteiger partial charge in [-0.3, -0.25) is 4.79 Å². The molecule has 0 N–H and O–H groups in total. The molecule has 6 aliphatic rings. The molecule has 0 radical (unpaired) electrons. The largest absolute Gasteiger partial charge is 0.462 e. The second-order valence-electron chi connectivity index (χ2n) is 11.3. The van der Waals surface area contributed by atoms with E-state index in [1.807, 2.05) is 0 Å². The summed E-state index contributed by atoms with van der Waals surface area (Å²) in [6.45, 7) is 1.14. The minimum Gasteiger partial charge on any atom is -0.462 e. The fourth-order valence-electron chi connectivity index (χ4n) is 7.58. The Bertz CT molecular complexity index is 742. The zero-order chi connectivity index (χ0) is 22.6. The lowest BCUT2D eigenvalue weighted by molar-refractivity contribution is -0.203. The van der Waals surface area contributed by atoms with Gasteiger partial charge in [0.15, 0.2) is 5.79 Å². The van der Waals surface area contributed by atoms with Crippen LogP contribution >= 0.6 is 0 Å². The molecular weight excluding hydrogens is 422 g/mol. The molecule has 0 amide bonds. The van der Waals surface area contributed by atoms with Gasteiger partial charge in [-0.05, 0) is 63.2 Å². The van der Waals surface area contributed by atoms with Crippen molar-refractivity contribution in [3.05, 3.63) is 0 Å². The van der Waals surface area contributed by atoms with Crippen LogP contribution in [0.1, 0.15) is 77.6 Å². The molecule has 6 rings (SSSR count). The van der Waals surface area contributed by atoms with Crippen molar-refractivity contribution in [3.8, 4) is 0 Å². The van der Waals surface area contributed by atoms with Crippen molar-refractivity contribution in [2.75, 3.05) is 19.8 Å². The van der Waals surface area contributed by atoms with Crippen LogP contribution in [0, 0.1) is 22.7 Å². The number of carbonyl (C=O) groups is 2. The molecular formula is C24H34F2O6. The molecule has 5 saturated carbocycles. The van der Waals surface area contributed by atoms with E-state index in [1.54, 1.807) is 0 Å². The molecule has 1 spiro atoms. The topological polar surface area (TPSA) is 71.1 Å². The van der Waals surface area contributed by atoms with Crippen LogP contribution in [0.3, 0.4) is 0 Å². The van der Waals surface area contributed by atoms with Crippen molar-refractivity contribution < 1.29 is 37.3 Å². The van der Waals surface area contributed by atoms with Crippen LogP contribution < -0.4 is 0 Å². The average Bonchev–Trinajstić information content (AvgIpc) is 3.11. The Morgan fingerprint density at radius 3 is 2.38 bits per heavy atom. The summed E-state index contributed by atoms with van der Waals surface area (Å²) in [5.74, 6) is -5.00. The second-order valence-corrected chi connectivity index (χ2v) is 11.3. The third-order valence-corrected chi connectivity index (χ3v) is 8.41. The first-order chi connectivity index (χ1) is 15.1. The first kappa shape index (κ1) is 22.5. The van der Waals surface area contributed by atoms with E-state index in [9.17, 15) is 18.4 Å². The van der Waals surface area contributed by atoms with Gasteiger partial charge in [0.25, 0.3) is 0 Å². The molecule has 180 valence electrons. The number of carbonyl (C=O) groups excluding carboxylic acids is 2. The van der Waals surface area contributed by atoms with E-state index in [0.717, 1.165) is 57.8 Å². The molecule has 3 atom stereocenters. The first-order valence-corrected chi connectivity index (χ1v) is 12.2. The highest BCUT2D eigenvalue weighted by molar-refractivity contribution is 5.78. The fourth-order valence-corrected chi connectivity index (χ4v) is 7.58. The highest BCUT2D eigenvalue weighted by Crippen LogP contribution is 2.65. The number of ether oxygens (including phenoxy) is 4. The molecule has 4 bridgehead atoms. The molecule has 1 aliphatic heterocycles. The second kappa shape index (κ2) is 7.90. The Labute approximate surface area is 187 Å². The van der Waals surface area contributed by atoms with Gasteiger partial charge in [-0.25, -0.2) is 4.79 Å². The Morgan fingerprint density at radius 2 is 1.72 bits per heavy atom. The molecule has 3 unspecified atom stereocenters. The Balaban J connectivity index is 1.21. The number of rotatable bonds is 6. The summed E-state index contributed by atoms with van der Waals surface area (Å²) in [6.07, 6.45) is 9.71. The number of esters is 2. The predicted octanol–water partition coefficient (Wildman–Crippen LogP) is 4.39. The standard InChI is InChI=1S/C24H34F2O6/c1-21(25,26)19(27)30-15-22-8-16-7-17(9-22)11-23(10-16,14-22)20(28)29-12-18-13-31-24(32-18)5-3-2-4-6-24/h16-18H,2-15H2,1H3. The van der Waals surface area contributed by atoms with E-state index >= 15 is 0 Å². The molecule has 32 heavy (non-hydrogen) atoms. The number of halogens is 2. The van der Waals surface area contributed by atoms with Crippen molar-refractivity contribution in [2.45, 2.75) is 95.4 Å². The highest BCUT2D eigenvalue weighted by atomic mass is 19.3. The first-order valence-electron chi connectivity index (χ1n) is 12.2. The van der Waals surface area contributed by atoms with Crippen molar-refractivity contribution >= 4 is 11.9 Å². The van der Waals surface area contributed by atoms with Crippen molar-refractivity contribution in [3.63, 3.8) is 0 Å². The SMILES string of the molecule is CC(F)(F)C(=O)OCC12CC3CC(C1)CC(C(=O)OCC1COC4(CCCCC4)O1)(C3)C2. The van der Waals surface area contributed by atoms with Crippen molar-refractivity contribution in [1.29, 1.82) is 0 Å². The quantitative estimate of drug-likeness (QED) is 0.552. The average molecular weight is 457 g/mol. The smallest absolute Gasteiger partial charge is 0.376 e. The minimum absolute atomic E-state index is 0.0423. The molecule has 5 aliphatic carbocycles. The van der Waals surface area contributed by atoms with Gasteiger partial charge in [-0.2, -0.15) is 8.78 Å². The van der Waals surface area contributed by atoms with Crippen molar-refractivity contribution in [1.82, 2.24) is 0 Å². The van der Waals surface area contributed by atoms with E-state index in [-0.39, 0.29) is 25.3 Å². The van der Waals surface area contributed by atoms with E-state index < -0.39 is 28.5 Å². The van der Waals surface area contributed by atoms with Gasteiger partial charge in [0.1, 0.15) is 12.7 Å². The van der Waals surface area contributed by atoms with Crippen LogP contribution in [0.25, 0.3) is 0 Å². The van der Waals surface area contributed by atoms with Crippen LogP contribution in [-0.4, -0.2) is 49.6 Å². The van der Waals surface area contributed by atoms with E-state index in [4.69, 9.17) is 18.9 Å². The van der Waals surface area contributed by atoms with Gasteiger partial charge in [0, 0.05) is 25.2 Å². The summed E-state index contributed by atoms with van der Waals surface area (Å²) in [7, 11) is 0. The molecule has 1 saturated heterocycles. The van der Waals surface area contributed by atoms with Gasteiger partial charge in [0.2, 0.25) is 0 Å². The Morgan fingerprint density at radius 1 is 1.03 bits per heavy atom. The van der Waals surface area contributed by atoms with E-state index in [2.05, 4.69) is 0 Å².